The Morgan fingerprint density at radius 1 is 1.50 bits per heavy atom. The SMILES string of the molecule is CSCC[C@H](C(=O)NC1CC1)n1cccc1. The molecule has 1 fully saturated rings. The fraction of sp³-hybridized carbons (Fsp3) is 0.583. The van der Waals surface area contributed by atoms with Crippen LogP contribution in [-0.2, 0) is 4.79 Å². The Balaban J connectivity index is 1.98. The van der Waals surface area contributed by atoms with Crippen molar-refractivity contribution in [2.75, 3.05) is 12.0 Å². The van der Waals surface area contributed by atoms with Crippen LogP contribution in [0.4, 0.5) is 0 Å². The highest BCUT2D eigenvalue weighted by Crippen LogP contribution is 2.21. The highest BCUT2D eigenvalue weighted by Gasteiger charge is 2.27. The first kappa shape index (κ1) is 11.6. The van der Waals surface area contributed by atoms with E-state index in [1.165, 1.54) is 0 Å². The van der Waals surface area contributed by atoms with Gasteiger partial charge >= 0.3 is 0 Å². The van der Waals surface area contributed by atoms with E-state index < -0.39 is 0 Å². The summed E-state index contributed by atoms with van der Waals surface area (Å²) < 4.78 is 2.01. The third kappa shape index (κ3) is 3.04. The van der Waals surface area contributed by atoms with Crippen LogP contribution in [0.3, 0.4) is 0 Å². The first-order chi connectivity index (χ1) is 7.81. The first-order valence-corrected chi connectivity index (χ1v) is 7.12. The van der Waals surface area contributed by atoms with Crippen LogP contribution in [0.15, 0.2) is 24.5 Å². The molecule has 0 aliphatic heterocycles. The fourth-order valence-corrected chi connectivity index (χ4v) is 2.18. The molecule has 1 aromatic rings. The van der Waals surface area contributed by atoms with Gasteiger partial charge in [0.25, 0.3) is 0 Å². The molecule has 1 aliphatic carbocycles. The minimum absolute atomic E-state index is 0.0388. The van der Waals surface area contributed by atoms with E-state index in [1.54, 1.807) is 11.8 Å². The van der Waals surface area contributed by atoms with Crippen LogP contribution < -0.4 is 5.32 Å². The molecular formula is C12H18N2OS. The van der Waals surface area contributed by atoms with Crippen LogP contribution >= 0.6 is 11.8 Å². The van der Waals surface area contributed by atoms with Crippen molar-refractivity contribution in [3.8, 4) is 0 Å². The molecule has 1 saturated carbocycles. The number of thioether (sulfide) groups is 1. The minimum atomic E-state index is -0.0388. The minimum Gasteiger partial charge on any atom is -0.352 e. The zero-order valence-electron chi connectivity index (χ0n) is 9.56. The molecule has 1 aromatic heterocycles. The Bertz CT molecular complexity index is 333. The molecule has 1 heterocycles. The summed E-state index contributed by atoms with van der Waals surface area (Å²) in [5.41, 5.74) is 0. The topological polar surface area (TPSA) is 34.0 Å². The molecule has 1 amide bonds. The Morgan fingerprint density at radius 3 is 2.75 bits per heavy atom. The summed E-state index contributed by atoms with van der Waals surface area (Å²) in [4.78, 5) is 12.1. The van der Waals surface area contributed by atoms with Gasteiger partial charge in [0.2, 0.25) is 5.91 Å². The number of carbonyl (C=O) groups is 1. The Labute approximate surface area is 101 Å². The molecule has 0 spiro atoms. The normalized spacial score (nSPS) is 17.1. The molecule has 1 aliphatic rings. The van der Waals surface area contributed by atoms with Gasteiger partial charge < -0.3 is 9.88 Å². The van der Waals surface area contributed by atoms with Gasteiger partial charge in [-0.2, -0.15) is 11.8 Å². The van der Waals surface area contributed by atoms with E-state index in [4.69, 9.17) is 0 Å². The van der Waals surface area contributed by atoms with Crippen LogP contribution in [0.1, 0.15) is 25.3 Å². The predicted octanol–water partition coefficient (Wildman–Crippen LogP) is 2.06. The highest BCUT2D eigenvalue weighted by molar-refractivity contribution is 7.98. The molecule has 88 valence electrons. The Kier molecular flexibility index (Phi) is 3.93. The van der Waals surface area contributed by atoms with E-state index in [0.29, 0.717) is 6.04 Å². The summed E-state index contributed by atoms with van der Waals surface area (Å²) in [6.45, 7) is 0. The lowest BCUT2D eigenvalue weighted by atomic mass is 10.2. The number of nitrogens with one attached hydrogen (secondary N) is 1. The third-order valence-corrected chi connectivity index (χ3v) is 3.45. The largest absolute Gasteiger partial charge is 0.352 e. The van der Waals surface area contributed by atoms with Crippen molar-refractivity contribution in [1.82, 2.24) is 9.88 Å². The van der Waals surface area contributed by atoms with Crippen LogP contribution in [0.2, 0.25) is 0 Å². The van der Waals surface area contributed by atoms with Crippen LogP contribution in [0, 0.1) is 0 Å². The average molecular weight is 238 g/mol. The molecule has 1 atom stereocenters. The maximum Gasteiger partial charge on any atom is 0.243 e. The summed E-state index contributed by atoms with van der Waals surface area (Å²) in [6.07, 6.45) is 9.20. The fourth-order valence-electron chi connectivity index (χ4n) is 1.73. The van der Waals surface area contributed by atoms with Gasteiger partial charge in [0, 0.05) is 18.4 Å². The average Bonchev–Trinajstić information content (AvgIpc) is 2.93. The van der Waals surface area contributed by atoms with E-state index >= 15 is 0 Å². The van der Waals surface area contributed by atoms with E-state index in [0.717, 1.165) is 25.0 Å². The number of amides is 1. The molecule has 1 N–H and O–H groups in total. The van der Waals surface area contributed by atoms with Gasteiger partial charge in [-0.3, -0.25) is 4.79 Å². The summed E-state index contributed by atoms with van der Waals surface area (Å²) >= 11 is 1.79. The van der Waals surface area contributed by atoms with Crippen molar-refractivity contribution in [1.29, 1.82) is 0 Å². The number of aromatic nitrogens is 1. The van der Waals surface area contributed by atoms with Gasteiger partial charge in [0.05, 0.1) is 0 Å². The lowest BCUT2D eigenvalue weighted by Gasteiger charge is -2.18. The van der Waals surface area contributed by atoms with Gasteiger partial charge in [-0.25, -0.2) is 0 Å². The third-order valence-electron chi connectivity index (χ3n) is 2.81. The Morgan fingerprint density at radius 2 is 2.19 bits per heavy atom. The maximum absolute atomic E-state index is 12.1. The standard InChI is InChI=1S/C12H18N2OS/c1-16-9-6-11(14-7-2-3-8-14)12(15)13-10-4-5-10/h2-3,7-8,10-11H,4-6,9H2,1H3,(H,13,15)/t11-/m1/s1. The van der Waals surface area contributed by atoms with Crippen molar-refractivity contribution in [3.63, 3.8) is 0 Å². The monoisotopic (exact) mass is 238 g/mol. The van der Waals surface area contributed by atoms with Crippen molar-refractivity contribution in [2.45, 2.75) is 31.3 Å². The second kappa shape index (κ2) is 5.43. The summed E-state index contributed by atoms with van der Waals surface area (Å²) in [5, 5.41) is 3.08. The number of nitrogens with zero attached hydrogens (tertiary/aromatic N) is 1. The summed E-state index contributed by atoms with van der Waals surface area (Å²) in [7, 11) is 0. The molecule has 0 saturated heterocycles. The molecule has 4 heteroatoms. The lowest BCUT2D eigenvalue weighted by Crippen LogP contribution is -2.33. The van der Waals surface area contributed by atoms with Gasteiger partial charge in [-0.15, -0.1) is 0 Å². The first-order valence-electron chi connectivity index (χ1n) is 5.73. The van der Waals surface area contributed by atoms with Gasteiger partial charge in [0.1, 0.15) is 6.04 Å². The van der Waals surface area contributed by atoms with E-state index in [9.17, 15) is 4.79 Å². The van der Waals surface area contributed by atoms with Crippen molar-refractivity contribution < 1.29 is 4.79 Å². The zero-order valence-corrected chi connectivity index (χ0v) is 10.4. The molecular weight excluding hydrogens is 220 g/mol. The molecule has 0 aromatic carbocycles. The molecule has 0 unspecified atom stereocenters. The number of hydrogen-bond donors (Lipinski definition) is 1. The zero-order chi connectivity index (χ0) is 11.4. The maximum atomic E-state index is 12.1. The molecule has 16 heavy (non-hydrogen) atoms. The molecule has 3 nitrogen and oxygen atoms in total. The quantitative estimate of drug-likeness (QED) is 0.823. The second-order valence-electron chi connectivity index (χ2n) is 4.21. The Hall–Kier alpha value is -0.900. The predicted molar refractivity (Wildman–Crippen MR) is 67.6 cm³/mol. The van der Waals surface area contributed by atoms with E-state index in [-0.39, 0.29) is 11.9 Å². The number of carbonyl (C=O) groups excluding carboxylic acids is 1. The van der Waals surface area contributed by atoms with Crippen LogP contribution in [0.25, 0.3) is 0 Å². The highest BCUT2D eigenvalue weighted by atomic mass is 32.2. The molecule has 2 rings (SSSR count). The molecule has 0 radical (unpaired) electrons. The smallest absolute Gasteiger partial charge is 0.243 e. The van der Waals surface area contributed by atoms with Gasteiger partial charge in [-0.05, 0) is 43.4 Å². The summed E-state index contributed by atoms with van der Waals surface area (Å²) in [6, 6.07) is 4.34. The van der Waals surface area contributed by atoms with Crippen LogP contribution in [0.5, 0.6) is 0 Å². The second-order valence-corrected chi connectivity index (χ2v) is 5.20. The van der Waals surface area contributed by atoms with Crippen molar-refractivity contribution in [3.05, 3.63) is 24.5 Å². The van der Waals surface area contributed by atoms with Crippen LogP contribution in [-0.4, -0.2) is 28.5 Å². The van der Waals surface area contributed by atoms with E-state index in [1.807, 2.05) is 29.1 Å². The van der Waals surface area contributed by atoms with Crippen molar-refractivity contribution >= 4 is 17.7 Å². The molecule has 0 bridgehead atoms. The summed E-state index contributed by atoms with van der Waals surface area (Å²) in [5.74, 6) is 1.19. The van der Waals surface area contributed by atoms with Crippen molar-refractivity contribution in [2.24, 2.45) is 0 Å². The van der Waals surface area contributed by atoms with E-state index in [2.05, 4.69) is 11.6 Å². The lowest BCUT2D eigenvalue weighted by molar-refractivity contribution is -0.124. The number of hydrogen-bond acceptors (Lipinski definition) is 2. The van der Waals surface area contributed by atoms with Gasteiger partial charge in [0.15, 0.2) is 0 Å². The number of rotatable bonds is 6. The van der Waals surface area contributed by atoms with Gasteiger partial charge in [-0.1, -0.05) is 0 Å².